The zero-order valence-electron chi connectivity index (χ0n) is 23.2. The molecule has 0 aromatic heterocycles. The maximum Gasteiger partial charge on any atom is 0.243 e. The van der Waals surface area contributed by atoms with Crippen molar-refractivity contribution in [3.8, 4) is 0 Å². The molecule has 3 aliphatic rings. The predicted molar refractivity (Wildman–Crippen MR) is 149 cm³/mol. The summed E-state index contributed by atoms with van der Waals surface area (Å²) in [5, 5.41) is 0. The minimum Gasteiger partial charge on any atom is -0.306 e. The van der Waals surface area contributed by atoms with Gasteiger partial charge in [0.2, 0.25) is 20.0 Å². The van der Waals surface area contributed by atoms with E-state index in [1.807, 2.05) is 32.9 Å². The van der Waals surface area contributed by atoms with Crippen LogP contribution in [0.15, 0.2) is 17.0 Å². The summed E-state index contributed by atoms with van der Waals surface area (Å²) < 4.78 is 56.5. The number of piperazine rings is 1. The minimum absolute atomic E-state index is 0.0501. The molecule has 1 aromatic carbocycles. The van der Waals surface area contributed by atoms with E-state index in [1.165, 1.54) is 12.8 Å². The van der Waals surface area contributed by atoms with Crippen LogP contribution in [0.4, 0.5) is 0 Å². The van der Waals surface area contributed by atoms with Gasteiger partial charge in [0.25, 0.3) is 0 Å². The molecule has 0 N–H and O–H groups in total. The van der Waals surface area contributed by atoms with E-state index in [4.69, 9.17) is 0 Å². The number of hydrogen-bond donors (Lipinski definition) is 0. The van der Waals surface area contributed by atoms with Gasteiger partial charge in [0.15, 0.2) is 0 Å². The molecule has 8 nitrogen and oxygen atoms in total. The van der Waals surface area contributed by atoms with Crippen LogP contribution < -0.4 is 0 Å². The van der Waals surface area contributed by atoms with Gasteiger partial charge >= 0.3 is 0 Å². The second-order valence-electron chi connectivity index (χ2n) is 11.4. The zero-order chi connectivity index (χ0) is 26.8. The number of hydrogen-bond acceptors (Lipinski definition) is 6. The Morgan fingerprint density at radius 1 is 0.811 bits per heavy atom. The quantitative estimate of drug-likeness (QED) is 0.437. The number of likely N-dealkylation sites (tertiary alicyclic amines) is 1. The molecule has 1 atom stereocenters. The maximum atomic E-state index is 13.6. The Bertz CT molecular complexity index is 1120. The van der Waals surface area contributed by atoms with Crippen molar-refractivity contribution in [3.63, 3.8) is 0 Å². The monoisotopic (exact) mass is 554 g/mol. The molecule has 10 heteroatoms. The van der Waals surface area contributed by atoms with Crippen LogP contribution in [0.2, 0.25) is 0 Å². The molecule has 0 bridgehead atoms. The first-order chi connectivity index (χ1) is 17.5. The summed E-state index contributed by atoms with van der Waals surface area (Å²) >= 11 is 0. The molecule has 1 aromatic rings. The number of aryl methyl sites for hydroxylation is 3. The molecule has 4 rings (SSSR count). The Labute approximate surface area is 225 Å². The van der Waals surface area contributed by atoms with Crippen LogP contribution in [-0.4, -0.2) is 106 Å². The summed E-state index contributed by atoms with van der Waals surface area (Å²) in [6.07, 6.45) is 6.04. The lowest BCUT2D eigenvalue weighted by molar-refractivity contribution is 0.0892. The second-order valence-corrected chi connectivity index (χ2v) is 15.3. The highest BCUT2D eigenvalue weighted by atomic mass is 32.2. The van der Waals surface area contributed by atoms with E-state index in [0.29, 0.717) is 43.4 Å². The summed E-state index contributed by atoms with van der Waals surface area (Å²) in [7, 11) is -4.68. The van der Waals surface area contributed by atoms with Crippen LogP contribution >= 0.6 is 0 Å². The minimum atomic E-state index is -3.57. The Morgan fingerprint density at radius 3 is 2.05 bits per heavy atom. The van der Waals surface area contributed by atoms with Gasteiger partial charge in [-0.05, 0) is 90.6 Å². The van der Waals surface area contributed by atoms with Crippen LogP contribution in [0.3, 0.4) is 0 Å². The lowest BCUT2D eigenvalue weighted by atomic mass is 10.0. The molecule has 3 heterocycles. The molecule has 0 saturated carbocycles. The normalized spacial score (nSPS) is 24.2. The van der Waals surface area contributed by atoms with Gasteiger partial charge in [-0.2, -0.15) is 8.61 Å². The molecule has 0 radical (unpaired) electrons. The highest BCUT2D eigenvalue weighted by Gasteiger charge is 2.37. The lowest BCUT2D eigenvalue weighted by Gasteiger charge is -2.41. The molecule has 0 spiro atoms. The van der Waals surface area contributed by atoms with Crippen molar-refractivity contribution in [2.24, 2.45) is 0 Å². The highest BCUT2D eigenvalue weighted by molar-refractivity contribution is 7.89. The van der Waals surface area contributed by atoms with E-state index in [-0.39, 0.29) is 11.8 Å². The topological polar surface area (TPSA) is 81.2 Å². The number of piperidine rings is 1. The molecule has 0 amide bonds. The third-order valence-electron chi connectivity index (χ3n) is 8.56. The standard InChI is InChI=1S/C27H46N4O4S2/c1-22-20-23(2)27(24(3)21-22)37(34,35)31-12-7-9-26(31)8-5-6-19-36(32,33)30-17-15-29(16-18-30)25-10-13-28(4)14-11-25/h20-21,25-26H,5-19H2,1-4H3/t26-/m1/s1. The molecule has 0 unspecified atom stereocenters. The van der Waals surface area contributed by atoms with Crippen LogP contribution in [0.5, 0.6) is 0 Å². The molecule has 3 aliphatic heterocycles. The largest absolute Gasteiger partial charge is 0.306 e. The van der Waals surface area contributed by atoms with Crippen LogP contribution in [0, 0.1) is 20.8 Å². The third kappa shape index (κ3) is 6.76. The number of benzene rings is 1. The lowest BCUT2D eigenvalue weighted by Crippen LogP contribution is -2.54. The Balaban J connectivity index is 1.26. The van der Waals surface area contributed by atoms with Crippen LogP contribution in [-0.2, 0) is 20.0 Å². The highest BCUT2D eigenvalue weighted by Crippen LogP contribution is 2.32. The van der Waals surface area contributed by atoms with E-state index in [0.717, 1.165) is 62.1 Å². The molecule has 0 aliphatic carbocycles. The fourth-order valence-electron chi connectivity index (χ4n) is 6.61. The summed E-state index contributed by atoms with van der Waals surface area (Å²) in [4.78, 5) is 5.28. The number of sulfonamides is 2. The van der Waals surface area contributed by atoms with Crippen LogP contribution in [0.1, 0.15) is 61.6 Å². The zero-order valence-corrected chi connectivity index (χ0v) is 24.8. The number of unbranched alkanes of at least 4 members (excludes halogenated alkanes) is 1. The fourth-order valence-corrected chi connectivity index (χ4v) is 10.3. The van der Waals surface area contributed by atoms with Gasteiger partial charge in [-0.1, -0.05) is 24.1 Å². The van der Waals surface area contributed by atoms with E-state index < -0.39 is 20.0 Å². The van der Waals surface area contributed by atoms with Crippen molar-refractivity contribution in [2.45, 2.75) is 82.7 Å². The molecular weight excluding hydrogens is 508 g/mol. The van der Waals surface area contributed by atoms with Gasteiger partial charge in [0, 0.05) is 44.8 Å². The predicted octanol–water partition coefficient (Wildman–Crippen LogP) is 2.98. The molecular formula is C27H46N4O4S2. The smallest absolute Gasteiger partial charge is 0.243 e. The van der Waals surface area contributed by atoms with E-state index >= 15 is 0 Å². The molecule has 3 fully saturated rings. The van der Waals surface area contributed by atoms with Gasteiger partial charge in [-0.3, -0.25) is 4.90 Å². The van der Waals surface area contributed by atoms with E-state index in [9.17, 15) is 16.8 Å². The maximum absolute atomic E-state index is 13.6. The SMILES string of the molecule is Cc1cc(C)c(S(=O)(=O)N2CCC[C@H]2CCCCS(=O)(=O)N2CCN(C3CCN(C)CC3)CC2)c(C)c1. The van der Waals surface area contributed by atoms with Gasteiger partial charge in [0.05, 0.1) is 10.6 Å². The number of rotatable bonds is 9. The average Bonchev–Trinajstić information content (AvgIpc) is 3.31. The van der Waals surface area contributed by atoms with Crippen molar-refractivity contribution < 1.29 is 16.8 Å². The van der Waals surface area contributed by atoms with Crippen molar-refractivity contribution >= 4 is 20.0 Å². The van der Waals surface area contributed by atoms with Gasteiger partial charge in [0.1, 0.15) is 0 Å². The summed E-state index contributed by atoms with van der Waals surface area (Å²) in [6, 6.07) is 4.40. The van der Waals surface area contributed by atoms with E-state index in [1.54, 1.807) is 8.61 Å². The van der Waals surface area contributed by atoms with Crippen molar-refractivity contribution in [1.29, 1.82) is 0 Å². The molecule has 37 heavy (non-hydrogen) atoms. The summed E-state index contributed by atoms with van der Waals surface area (Å²) in [6.45, 7) is 11.3. The Morgan fingerprint density at radius 2 is 1.43 bits per heavy atom. The third-order valence-corrected chi connectivity index (χ3v) is 12.8. The van der Waals surface area contributed by atoms with E-state index in [2.05, 4.69) is 16.8 Å². The summed E-state index contributed by atoms with van der Waals surface area (Å²) in [5.41, 5.74) is 2.66. The first kappa shape index (κ1) is 29.0. The average molecular weight is 555 g/mol. The second kappa shape index (κ2) is 12.0. The first-order valence-electron chi connectivity index (χ1n) is 14.0. The van der Waals surface area contributed by atoms with Crippen molar-refractivity contribution in [2.75, 3.05) is 58.6 Å². The Hall–Kier alpha value is -1.04. The molecule has 3 saturated heterocycles. The first-order valence-corrected chi connectivity index (χ1v) is 17.0. The van der Waals surface area contributed by atoms with Gasteiger partial charge in [-0.15, -0.1) is 0 Å². The fraction of sp³-hybridized carbons (Fsp3) is 0.778. The Kier molecular flexibility index (Phi) is 9.39. The summed E-state index contributed by atoms with van der Waals surface area (Å²) in [5.74, 6) is 0.150. The molecule has 210 valence electrons. The van der Waals surface area contributed by atoms with Gasteiger partial charge < -0.3 is 4.90 Å². The van der Waals surface area contributed by atoms with Gasteiger partial charge in [-0.25, -0.2) is 16.8 Å². The van der Waals surface area contributed by atoms with Crippen LogP contribution in [0.25, 0.3) is 0 Å². The van der Waals surface area contributed by atoms with Crippen molar-refractivity contribution in [3.05, 3.63) is 28.8 Å². The van der Waals surface area contributed by atoms with Crippen molar-refractivity contribution in [1.82, 2.24) is 18.4 Å². The number of nitrogens with zero attached hydrogens (tertiary/aromatic N) is 4.